The minimum Gasteiger partial charge on any atom is -0.497 e. The minimum absolute atomic E-state index is 0.0832. The number of amides is 1. The zero-order valence-electron chi connectivity index (χ0n) is 17.5. The van der Waals surface area contributed by atoms with Crippen molar-refractivity contribution in [2.45, 2.75) is 16.0 Å². The van der Waals surface area contributed by atoms with E-state index in [0.29, 0.717) is 4.68 Å². The highest BCUT2D eigenvalue weighted by molar-refractivity contribution is 7.99. The van der Waals surface area contributed by atoms with Crippen LogP contribution in [0.1, 0.15) is 16.2 Å². The monoisotopic (exact) mass is 488 g/mol. The van der Waals surface area contributed by atoms with Gasteiger partial charge in [-0.15, -0.1) is 5.10 Å². The molecule has 4 rings (SSSR count). The second kappa shape index (κ2) is 9.56. The second-order valence-corrected chi connectivity index (χ2v) is 8.08. The quantitative estimate of drug-likeness (QED) is 0.346. The van der Waals surface area contributed by atoms with Crippen LogP contribution in [0.5, 0.6) is 5.75 Å². The predicted octanol–water partition coefficient (Wildman–Crippen LogP) is 5.84. The molecule has 0 atom stereocenters. The largest absolute Gasteiger partial charge is 0.497 e. The minimum atomic E-state index is -4.93. The van der Waals surface area contributed by atoms with E-state index in [4.69, 9.17) is 4.74 Å². The number of aromatic nitrogens is 3. The molecular weight excluding hydrogens is 472 g/mol. The maximum absolute atomic E-state index is 13.7. The lowest BCUT2D eigenvalue weighted by atomic mass is 10.2. The van der Waals surface area contributed by atoms with Gasteiger partial charge < -0.3 is 10.1 Å². The standard InChI is InChI=1S/C23H16F4N4O2S/c1-33-17-8-12-19(13-9-17)34-18-10-4-15(5-11-18)28-22(32)20-21(23(25,26)27)31(30-29-20)16-6-2-14(24)3-7-16/h2-13H,1H3,(H,28,32). The van der Waals surface area contributed by atoms with E-state index in [-0.39, 0.29) is 11.4 Å². The summed E-state index contributed by atoms with van der Waals surface area (Å²) in [6.07, 6.45) is -4.93. The van der Waals surface area contributed by atoms with Gasteiger partial charge >= 0.3 is 6.18 Å². The molecule has 0 saturated carbocycles. The molecule has 0 aliphatic rings. The van der Waals surface area contributed by atoms with E-state index in [0.717, 1.165) is 39.8 Å². The fourth-order valence-corrected chi connectivity index (χ4v) is 3.85. The molecule has 34 heavy (non-hydrogen) atoms. The summed E-state index contributed by atoms with van der Waals surface area (Å²) in [5.74, 6) is -0.961. The van der Waals surface area contributed by atoms with Gasteiger partial charge in [-0.3, -0.25) is 4.79 Å². The van der Waals surface area contributed by atoms with Crippen LogP contribution in [0.3, 0.4) is 0 Å². The Balaban J connectivity index is 1.52. The van der Waals surface area contributed by atoms with Gasteiger partial charge in [0.15, 0.2) is 11.4 Å². The summed E-state index contributed by atoms with van der Waals surface area (Å²) in [7, 11) is 1.58. The molecule has 0 spiro atoms. The van der Waals surface area contributed by atoms with Gasteiger partial charge in [0.2, 0.25) is 0 Å². The van der Waals surface area contributed by atoms with E-state index in [9.17, 15) is 22.4 Å². The summed E-state index contributed by atoms with van der Waals surface area (Å²) >= 11 is 1.47. The molecule has 11 heteroatoms. The molecule has 0 aliphatic heterocycles. The molecule has 1 N–H and O–H groups in total. The number of nitrogens with one attached hydrogen (secondary N) is 1. The van der Waals surface area contributed by atoms with Crippen molar-refractivity contribution in [3.8, 4) is 11.4 Å². The van der Waals surface area contributed by atoms with Crippen LogP contribution in [-0.2, 0) is 6.18 Å². The summed E-state index contributed by atoms with van der Waals surface area (Å²) in [5.41, 5.74) is -2.05. The lowest BCUT2D eigenvalue weighted by molar-refractivity contribution is -0.143. The van der Waals surface area contributed by atoms with Crippen LogP contribution in [0.15, 0.2) is 82.6 Å². The average Bonchev–Trinajstić information content (AvgIpc) is 3.27. The van der Waals surface area contributed by atoms with E-state index < -0.39 is 29.3 Å². The molecule has 4 aromatic rings. The van der Waals surface area contributed by atoms with E-state index in [1.54, 1.807) is 31.4 Å². The van der Waals surface area contributed by atoms with Crippen LogP contribution in [0.4, 0.5) is 23.2 Å². The topological polar surface area (TPSA) is 69.0 Å². The number of nitrogens with zero attached hydrogens (tertiary/aromatic N) is 3. The predicted molar refractivity (Wildman–Crippen MR) is 118 cm³/mol. The number of methoxy groups -OCH3 is 1. The summed E-state index contributed by atoms with van der Waals surface area (Å²) < 4.78 is 60.0. The highest BCUT2D eigenvalue weighted by Gasteiger charge is 2.42. The number of hydrogen-bond donors (Lipinski definition) is 1. The van der Waals surface area contributed by atoms with Gasteiger partial charge in [0.25, 0.3) is 5.91 Å². The summed E-state index contributed by atoms with van der Waals surface area (Å²) in [6, 6.07) is 18.2. The van der Waals surface area contributed by atoms with E-state index in [1.807, 2.05) is 24.3 Å². The normalized spacial score (nSPS) is 11.3. The van der Waals surface area contributed by atoms with Gasteiger partial charge in [-0.05, 0) is 72.8 Å². The number of alkyl halides is 3. The zero-order chi connectivity index (χ0) is 24.3. The molecular formula is C23H16F4N4O2S. The summed E-state index contributed by atoms with van der Waals surface area (Å²) in [4.78, 5) is 14.4. The lowest BCUT2D eigenvalue weighted by Gasteiger charge is -2.11. The number of carbonyl (C=O) groups excluding carboxylic acids is 1. The van der Waals surface area contributed by atoms with Crippen LogP contribution >= 0.6 is 11.8 Å². The van der Waals surface area contributed by atoms with Crippen molar-refractivity contribution in [1.82, 2.24) is 15.0 Å². The highest BCUT2D eigenvalue weighted by atomic mass is 32.2. The first-order valence-electron chi connectivity index (χ1n) is 9.77. The van der Waals surface area contributed by atoms with Crippen molar-refractivity contribution in [2.24, 2.45) is 0 Å². The third kappa shape index (κ3) is 5.20. The van der Waals surface area contributed by atoms with Gasteiger partial charge in [0, 0.05) is 15.5 Å². The van der Waals surface area contributed by atoms with Crippen LogP contribution in [-0.4, -0.2) is 28.0 Å². The van der Waals surface area contributed by atoms with Crippen LogP contribution in [0.2, 0.25) is 0 Å². The van der Waals surface area contributed by atoms with Crippen molar-refractivity contribution < 1.29 is 27.1 Å². The Morgan fingerprint density at radius 3 is 2.09 bits per heavy atom. The first-order valence-corrected chi connectivity index (χ1v) is 10.6. The maximum atomic E-state index is 13.7. The second-order valence-electron chi connectivity index (χ2n) is 6.93. The Bertz CT molecular complexity index is 1290. The van der Waals surface area contributed by atoms with Gasteiger partial charge in [-0.1, -0.05) is 17.0 Å². The van der Waals surface area contributed by atoms with Gasteiger partial charge in [-0.25, -0.2) is 9.07 Å². The highest BCUT2D eigenvalue weighted by Crippen LogP contribution is 2.33. The van der Waals surface area contributed by atoms with Gasteiger partial charge in [0.1, 0.15) is 11.6 Å². The van der Waals surface area contributed by atoms with Gasteiger partial charge in [0.05, 0.1) is 12.8 Å². The molecule has 1 heterocycles. The number of ether oxygens (including phenoxy) is 1. The average molecular weight is 488 g/mol. The van der Waals surface area contributed by atoms with Crippen molar-refractivity contribution in [1.29, 1.82) is 0 Å². The number of carbonyl (C=O) groups is 1. The van der Waals surface area contributed by atoms with Crippen molar-refractivity contribution >= 4 is 23.4 Å². The Labute approximate surface area is 195 Å². The van der Waals surface area contributed by atoms with Crippen LogP contribution < -0.4 is 10.1 Å². The van der Waals surface area contributed by atoms with Crippen LogP contribution in [0, 0.1) is 5.82 Å². The summed E-state index contributed by atoms with van der Waals surface area (Å²) in [6.45, 7) is 0. The Hall–Kier alpha value is -3.86. The molecule has 1 aromatic heterocycles. The first kappa shape index (κ1) is 23.3. The Kier molecular flexibility index (Phi) is 6.55. The smallest absolute Gasteiger partial charge is 0.435 e. The Morgan fingerprint density at radius 2 is 1.53 bits per heavy atom. The maximum Gasteiger partial charge on any atom is 0.435 e. The first-order chi connectivity index (χ1) is 16.2. The summed E-state index contributed by atoms with van der Waals surface area (Å²) in [5, 5.41) is 9.32. The molecule has 3 aromatic carbocycles. The number of anilines is 1. The van der Waals surface area contributed by atoms with Crippen molar-refractivity contribution in [3.05, 3.63) is 90.0 Å². The molecule has 0 fully saturated rings. The number of halogens is 4. The molecule has 0 aliphatic carbocycles. The SMILES string of the molecule is COc1ccc(Sc2ccc(NC(=O)c3nnn(-c4ccc(F)cc4)c3C(F)(F)F)cc2)cc1. The Morgan fingerprint density at radius 1 is 0.941 bits per heavy atom. The fraction of sp³-hybridized carbons (Fsp3) is 0.0870. The number of hydrogen-bond acceptors (Lipinski definition) is 5. The molecule has 6 nitrogen and oxygen atoms in total. The third-order valence-electron chi connectivity index (χ3n) is 4.63. The van der Waals surface area contributed by atoms with E-state index >= 15 is 0 Å². The number of benzene rings is 3. The molecule has 1 amide bonds. The molecule has 0 saturated heterocycles. The van der Waals surface area contributed by atoms with Crippen molar-refractivity contribution in [3.63, 3.8) is 0 Å². The van der Waals surface area contributed by atoms with Crippen LogP contribution in [0.25, 0.3) is 5.69 Å². The molecule has 0 radical (unpaired) electrons. The van der Waals surface area contributed by atoms with Crippen molar-refractivity contribution in [2.75, 3.05) is 12.4 Å². The molecule has 0 unspecified atom stereocenters. The van der Waals surface area contributed by atoms with Gasteiger partial charge in [-0.2, -0.15) is 13.2 Å². The lowest BCUT2D eigenvalue weighted by Crippen LogP contribution is -2.21. The molecule has 0 bridgehead atoms. The zero-order valence-corrected chi connectivity index (χ0v) is 18.3. The molecule has 174 valence electrons. The third-order valence-corrected chi connectivity index (χ3v) is 5.65. The van der Waals surface area contributed by atoms with E-state index in [1.165, 1.54) is 11.8 Å². The fourth-order valence-electron chi connectivity index (χ4n) is 3.03. The number of rotatable bonds is 6. The van der Waals surface area contributed by atoms with E-state index in [2.05, 4.69) is 15.6 Å².